The lowest BCUT2D eigenvalue weighted by Gasteiger charge is -2.27. The summed E-state index contributed by atoms with van der Waals surface area (Å²) in [7, 11) is 0. The van der Waals surface area contributed by atoms with Crippen LogP contribution in [-0.4, -0.2) is 52.5 Å². The fourth-order valence-corrected chi connectivity index (χ4v) is 3.94. The smallest absolute Gasteiger partial charge is 0.341 e. The fourth-order valence-electron chi connectivity index (χ4n) is 3.94. The van der Waals surface area contributed by atoms with E-state index in [-0.39, 0.29) is 25.8 Å². The number of amides is 2. The van der Waals surface area contributed by atoms with E-state index in [1.54, 1.807) is 6.07 Å². The second-order valence-corrected chi connectivity index (χ2v) is 7.91. The SMILES string of the molecule is C.CCONC(=O)CCCCCCC(=O)N1CCc2c([nH]c3ccc(OCC(=O)O)cc23)C1. The summed E-state index contributed by atoms with van der Waals surface area (Å²) in [5.74, 6) is -0.446. The Labute approximate surface area is 194 Å². The van der Waals surface area contributed by atoms with E-state index in [0.29, 0.717) is 38.3 Å². The van der Waals surface area contributed by atoms with E-state index < -0.39 is 5.97 Å². The van der Waals surface area contributed by atoms with Gasteiger partial charge in [0.15, 0.2) is 6.61 Å². The van der Waals surface area contributed by atoms with Gasteiger partial charge in [0.1, 0.15) is 5.75 Å². The number of aromatic nitrogens is 1. The van der Waals surface area contributed by atoms with Gasteiger partial charge in [-0.3, -0.25) is 14.4 Å². The van der Waals surface area contributed by atoms with Crippen molar-refractivity contribution in [1.29, 1.82) is 0 Å². The first-order valence-corrected chi connectivity index (χ1v) is 11.1. The molecule has 182 valence electrons. The number of unbranched alkanes of at least 4 members (excludes halogenated alkanes) is 3. The average molecular weight is 462 g/mol. The minimum atomic E-state index is -1.01. The molecule has 3 rings (SSSR count). The van der Waals surface area contributed by atoms with Crippen LogP contribution in [0.2, 0.25) is 0 Å². The van der Waals surface area contributed by atoms with Gasteiger partial charge in [-0.2, -0.15) is 0 Å². The highest BCUT2D eigenvalue weighted by molar-refractivity contribution is 5.87. The maximum atomic E-state index is 12.6. The van der Waals surface area contributed by atoms with Crippen molar-refractivity contribution in [2.24, 2.45) is 0 Å². The number of fused-ring (bicyclic) bond motifs is 3. The lowest BCUT2D eigenvalue weighted by molar-refractivity contribution is -0.139. The number of aliphatic carboxylic acids is 1. The average Bonchev–Trinajstić information content (AvgIpc) is 3.15. The molecular weight excluding hydrogens is 426 g/mol. The molecule has 0 bridgehead atoms. The second-order valence-electron chi connectivity index (χ2n) is 7.91. The Hall–Kier alpha value is -3.07. The Balaban J connectivity index is 0.00000385. The standard InChI is InChI=1S/C23H31N3O6.CH4/c1-2-32-25-21(27)7-5-3-4-6-8-22(28)26-12-11-17-18-13-16(31-15-23(29)30)9-10-19(18)24-20(17)14-26;/h9-10,13,24H,2-8,11-12,14-15H2,1H3,(H,25,27)(H,29,30);1H4. The summed E-state index contributed by atoms with van der Waals surface area (Å²) in [6.07, 6.45) is 5.11. The molecular formula is C24H35N3O6. The van der Waals surface area contributed by atoms with Crippen LogP contribution in [-0.2, 0) is 32.2 Å². The highest BCUT2D eigenvalue weighted by atomic mass is 16.6. The maximum absolute atomic E-state index is 12.6. The van der Waals surface area contributed by atoms with E-state index in [1.165, 1.54) is 0 Å². The van der Waals surface area contributed by atoms with Gasteiger partial charge in [-0.25, -0.2) is 10.3 Å². The monoisotopic (exact) mass is 461 g/mol. The summed E-state index contributed by atoms with van der Waals surface area (Å²) in [6, 6.07) is 5.49. The Morgan fingerprint density at radius 2 is 1.91 bits per heavy atom. The third kappa shape index (κ3) is 7.49. The molecule has 9 heteroatoms. The molecule has 2 aromatic rings. The molecule has 0 radical (unpaired) electrons. The molecule has 0 aliphatic carbocycles. The Bertz CT molecular complexity index is 955. The number of hydrogen-bond donors (Lipinski definition) is 3. The van der Waals surface area contributed by atoms with Crippen LogP contribution in [0.25, 0.3) is 10.9 Å². The molecule has 0 spiro atoms. The first kappa shape index (κ1) is 26.2. The van der Waals surface area contributed by atoms with Gasteiger partial charge >= 0.3 is 5.97 Å². The Morgan fingerprint density at radius 1 is 1.15 bits per heavy atom. The van der Waals surface area contributed by atoms with Crippen LogP contribution in [0.1, 0.15) is 64.1 Å². The number of rotatable bonds is 12. The highest BCUT2D eigenvalue weighted by Gasteiger charge is 2.23. The summed E-state index contributed by atoms with van der Waals surface area (Å²) in [5.41, 5.74) is 5.53. The highest BCUT2D eigenvalue weighted by Crippen LogP contribution is 2.30. The lowest BCUT2D eigenvalue weighted by Crippen LogP contribution is -2.35. The van der Waals surface area contributed by atoms with Crippen molar-refractivity contribution in [2.45, 2.75) is 65.8 Å². The van der Waals surface area contributed by atoms with Gasteiger partial charge in [0.25, 0.3) is 0 Å². The van der Waals surface area contributed by atoms with Gasteiger partial charge < -0.3 is 19.7 Å². The number of hydrogen-bond acceptors (Lipinski definition) is 5. The van der Waals surface area contributed by atoms with Crippen molar-refractivity contribution in [3.63, 3.8) is 0 Å². The zero-order valence-electron chi connectivity index (χ0n) is 18.4. The maximum Gasteiger partial charge on any atom is 0.341 e. The number of nitrogens with zero attached hydrogens (tertiary/aromatic N) is 1. The Kier molecular flexibility index (Phi) is 10.2. The van der Waals surface area contributed by atoms with Crippen LogP contribution < -0.4 is 10.2 Å². The summed E-state index contributed by atoms with van der Waals surface area (Å²) in [4.78, 5) is 45.0. The zero-order valence-corrected chi connectivity index (χ0v) is 18.4. The first-order chi connectivity index (χ1) is 15.5. The molecule has 0 unspecified atom stereocenters. The van der Waals surface area contributed by atoms with Gasteiger partial charge in [0, 0.05) is 36.0 Å². The van der Waals surface area contributed by atoms with E-state index in [0.717, 1.165) is 54.3 Å². The third-order valence-corrected chi connectivity index (χ3v) is 5.54. The van der Waals surface area contributed by atoms with E-state index in [4.69, 9.17) is 14.7 Å². The molecule has 33 heavy (non-hydrogen) atoms. The predicted octanol–water partition coefficient (Wildman–Crippen LogP) is 3.56. The molecule has 0 saturated heterocycles. The molecule has 1 aliphatic heterocycles. The first-order valence-electron chi connectivity index (χ1n) is 11.1. The predicted molar refractivity (Wildman–Crippen MR) is 125 cm³/mol. The van der Waals surface area contributed by atoms with E-state index in [2.05, 4.69) is 10.5 Å². The van der Waals surface area contributed by atoms with Crippen LogP contribution in [0.4, 0.5) is 0 Å². The molecule has 0 fully saturated rings. The number of carbonyl (C=O) groups is 3. The van der Waals surface area contributed by atoms with Crippen molar-refractivity contribution in [3.05, 3.63) is 29.5 Å². The van der Waals surface area contributed by atoms with Crippen LogP contribution in [0.5, 0.6) is 5.75 Å². The molecule has 1 aliphatic rings. The van der Waals surface area contributed by atoms with Gasteiger partial charge in [-0.15, -0.1) is 0 Å². The molecule has 0 saturated carbocycles. The molecule has 2 heterocycles. The normalized spacial score (nSPS) is 12.7. The number of benzene rings is 1. The van der Waals surface area contributed by atoms with Crippen LogP contribution in [0.15, 0.2) is 18.2 Å². The van der Waals surface area contributed by atoms with Crippen molar-refractivity contribution < 1.29 is 29.1 Å². The number of carbonyl (C=O) groups excluding carboxylic acids is 2. The second kappa shape index (κ2) is 12.8. The van der Waals surface area contributed by atoms with Crippen molar-refractivity contribution >= 4 is 28.7 Å². The molecule has 1 aromatic heterocycles. The summed E-state index contributed by atoms with van der Waals surface area (Å²) < 4.78 is 5.29. The van der Waals surface area contributed by atoms with Crippen molar-refractivity contribution in [2.75, 3.05) is 19.8 Å². The Morgan fingerprint density at radius 3 is 2.64 bits per heavy atom. The number of carboxylic acids is 1. The number of hydroxylamine groups is 1. The zero-order chi connectivity index (χ0) is 22.9. The lowest BCUT2D eigenvalue weighted by atomic mass is 10.0. The topological polar surface area (TPSA) is 121 Å². The number of aromatic amines is 1. The summed E-state index contributed by atoms with van der Waals surface area (Å²) in [5, 5.41) is 9.80. The number of nitrogens with one attached hydrogen (secondary N) is 2. The summed E-state index contributed by atoms with van der Waals surface area (Å²) in [6.45, 7) is 3.10. The minimum Gasteiger partial charge on any atom is -0.482 e. The molecule has 3 N–H and O–H groups in total. The van der Waals surface area contributed by atoms with E-state index in [1.807, 2.05) is 24.0 Å². The van der Waals surface area contributed by atoms with Gasteiger partial charge in [0.05, 0.1) is 13.2 Å². The fraction of sp³-hybridized carbons (Fsp3) is 0.542. The number of ether oxygens (including phenoxy) is 1. The van der Waals surface area contributed by atoms with Crippen LogP contribution in [0.3, 0.4) is 0 Å². The minimum absolute atomic E-state index is 0. The molecule has 1 aromatic carbocycles. The largest absolute Gasteiger partial charge is 0.482 e. The number of H-pyrrole nitrogens is 1. The van der Waals surface area contributed by atoms with Crippen LogP contribution in [0, 0.1) is 0 Å². The van der Waals surface area contributed by atoms with Gasteiger partial charge in [-0.05, 0) is 49.9 Å². The third-order valence-electron chi connectivity index (χ3n) is 5.54. The van der Waals surface area contributed by atoms with E-state index >= 15 is 0 Å². The van der Waals surface area contributed by atoms with Crippen molar-refractivity contribution in [3.8, 4) is 5.75 Å². The van der Waals surface area contributed by atoms with Crippen molar-refractivity contribution in [1.82, 2.24) is 15.4 Å². The molecule has 2 amide bonds. The molecule has 9 nitrogen and oxygen atoms in total. The number of carboxylic acid groups (broad SMARTS) is 1. The van der Waals surface area contributed by atoms with Crippen LogP contribution >= 0.6 is 0 Å². The molecule has 0 atom stereocenters. The quantitative estimate of drug-likeness (QED) is 0.328. The van der Waals surface area contributed by atoms with Gasteiger partial charge in [-0.1, -0.05) is 20.3 Å². The summed E-state index contributed by atoms with van der Waals surface area (Å²) >= 11 is 0. The van der Waals surface area contributed by atoms with E-state index in [9.17, 15) is 14.4 Å². The van der Waals surface area contributed by atoms with Gasteiger partial charge in [0.2, 0.25) is 11.8 Å².